The summed E-state index contributed by atoms with van der Waals surface area (Å²) < 4.78 is 5.62. The van der Waals surface area contributed by atoms with Crippen molar-refractivity contribution in [3.8, 4) is 11.8 Å². The quantitative estimate of drug-likeness (QED) is 0.559. The van der Waals surface area contributed by atoms with Gasteiger partial charge in [0.05, 0.1) is 4.47 Å². The van der Waals surface area contributed by atoms with Crippen LogP contribution >= 0.6 is 15.9 Å². The maximum absolute atomic E-state index is 12.0. The largest absolute Gasteiger partial charge is 0.481 e. The number of nitrogens with zero attached hydrogens (tertiary/aromatic N) is 1. The Kier molecular flexibility index (Phi) is 7.29. The van der Waals surface area contributed by atoms with Gasteiger partial charge in [-0.05, 0) is 53.0 Å². The molecule has 7 heteroatoms. The average molecular weight is 381 g/mol. The second-order valence-corrected chi connectivity index (χ2v) is 5.68. The van der Waals surface area contributed by atoms with Gasteiger partial charge in [-0.25, -0.2) is 4.79 Å². The van der Waals surface area contributed by atoms with Gasteiger partial charge < -0.3 is 15.2 Å². The molecule has 0 fully saturated rings. The second kappa shape index (κ2) is 8.96. The van der Waals surface area contributed by atoms with Crippen LogP contribution in [0.4, 0.5) is 0 Å². The Morgan fingerprint density at radius 1 is 1.52 bits per heavy atom. The highest BCUT2D eigenvalue weighted by Gasteiger charge is 2.12. The third kappa shape index (κ3) is 6.12. The first-order chi connectivity index (χ1) is 10.9. The number of carbonyl (C=O) groups excluding carboxylic acids is 1. The Hall–Kier alpha value is -2.33. The zero-order valence-electron chi connectivity index (χ0n) is 12.8. The molecule has 0 unspecified atom stereocenters. The number of nitrogens with one attached hydrogen (secondary N) is 1. The van der Waals surface area contributed by atoms with Gasteiger partial charge in [0.25, 0.3) is 5.91 Å². The molecule has 2 N–H and O–H groups in total. The van der Waals surface area contributed by atoms with Crippen LogP contribution in [-0.4, -0.2) is 29.6 Å². The molecule has 0 heterocycles. The van der Waals surface area contributed by atoms with Crippen molar-refractivity contribution in [3.05, 3.63) is 33.8 Å². The maximum Gasteiger partial charge on any atom is 0.341 e. The minimum atomic E-state index is -1.07. The van der Waals surface area contributed by atoms with Crippen LogP contribution in [0.25, 0.3) is 6.08 Å². The number of nitriles is 1. The van der Waals surface area contributed by atoms with Crippen LogP contribution < -0.4 is 10.1 Å². The predicted molar refractivity (Wildman–Crippen MR) is 88.8 cm³/mol. The summed E-state index contributed by atoms with van der Waals surface area (Å²) in [4.78, 5) is 22.5. The van der Waals surface area contributed by atoms with Gasteiger partial charge >= 0.3 is 5.97 Å². The normalized spacial score (nSPS) is 12.2. The molecular weight excluding hydrogens is 364 g/mol. The molecule has 23 heavy (non-hydrogen) atoms. The molecule has 1 rings (SSSR count). The highest BCUT2D eigenvalue weighted by molar-refractivity contribution is 9.10. The van der Waals surface area contributed by atoms with E-state index in [0.717, 1.165) is 6.42 Å². The molecule has 6 nitrogen and oxygen atoms in total. The fourth-order valence-electron chi connectivity index (χ4n) is 1.58. The summed E-state index contributed by atoms with van der Waals surface area (Å²) in [6, 6.07) is 6.71. The van der Waals surface area contributed by atoms with Gasteiger partial charge in [-0.1, -0.05) is 13.0 Å². The molecule has 0 saturated heterocycles. The number of carboxylic acid groups (broad SMARTS) is 1. The molecule has 0 radical (unpaired) electrons. The standard InChI is InChI=1S/C16H17BrN2O4/c1-3-10(2)19-16(22)12(8-18)6-11-4-5-14(13(17)7-11)23-9-15(20)21/h4-7,10H,3,9H2,1-2H3,(H,19,22)(H,20,21)/b12-6+/t10-/m1/s1. The first kappa shape index (κ1) is 18.7. The van der Waals surface area contributed by atoms with Crippen LogP contribution in [0.3, 0.4) is 0 Å². The van der Waals surface area contributed by atoms with E-state index >= 15 is 0 Å². The van der Waals surface area contributed by atoms with Crippen molar-refractivity contribution in [2.75, 3.05) is 6.61 Å². The summed E-state index contributed by atoms with van der Waals surface area (Å²) in [7, 11) is 0. The van der Waals surface area contributed by atoms with E-state index in [1.807, 2.05) is 19.9 Å². The first-order valence-corrected chi connectivity index (χ1v) is 7.73. The van der Waals surface area contributed by atoms with E-state index in [0.29, 0.717) is 15.8 Å². The number of carbonyl (C=O) groups is 2. The van der Waals surface area contributed by atoms with Crippen molar-refractivity contribution < 1.29 is 19.4 Å². The summed E-state index contributed by atoms with van der Waals surface area (Å²) in [6.07, 6.45) is 2.23. The number of ether oxygens (including phenoxy) is 1. The smallest absolute Gasteiger partial charge is 0.341 e. The molecule has 0 aliphatic carbocycles. The monoisotopic (exact) mass is 380 g/mol. The van der Waals surface area contributed by atoms with E-state index in [1.165, 1.54) is 6.08 Å². The Morgan fingerprint density at radius 2 is 2.22 bits per heavy atom. The van der Waals surface area contributed by atoms with Gasteiger partial charge in [0.1, 0.15) is 17.4 Å². The van der Waals surface area contributed by atoms with E-state index in [-0.39, 0.29) is 11.6 Å². The lowest BCUT2D eigenvalue weighted by molar-refractivity contribution is -0.139. The molecule has 0 bridgehead atoms. The average Bonchev–Trinajstić information content (AvgIpc) is 2.51. The van der Waals surface area contributed by atoms with Crippen LogP contribution in [0.15, 0.2) is 28.2 Å². The van der Waals surface area contributed by atoms with Crippen molar-refractivity contribution in [1.82, 2.24) is 5.32 Å². The summed E-state index contributed by atoms with van der Waals surface area (Å²) in [5.41, 5.74) is 0.617. The molecule has 1 amide bonds. The molecule has 0 saturated carbocycles. The number of aliphatic carboxylic acids is 1. The Morgan fingerprint density at radius 3 is 2.74 bits per heavy atom. The molecule has 0 aliphatic heterocycles. The topological polar surface area (TPSA) is 99.4 Å². The first-order valence-electron chi connectivity index (χ1n) is 6.94. The van der Waals surface area contributed by atoms with Gasteiger partial charge in [0, 0.05) is 6.04 Å². The highest BCUT2D eigenvalue weighted by Crippen LogP contribution is 2.27. The fraction of sp³-hybridized carbons (Fsp3) is 0.312. The molecule has 1 aromatic carbocycles. The van der Waals surface area contributed by atoms with Crippen LogP contribution in [-0.2, 0) is 9.59 Å². The number of amides is 1. The zero-order chi connectivity index (χ0) is 17.4. The highest BCUT2D eigenvalue weighted by atomic mass is 79.9. The zero-order valence-corrected chi connectivity index (χ0v) is 14.4. The second-order valence-electron chi connectivity index (χ2n) is 4.82. The Balaban J connectivity index is 2.93. The minimum Gasteiger partial charge on any atom is -0.481 e. The summed E-state index contributed by atoms with van der Waals surface area (Å²) in [5.74, 6) is -1.13. The number of benzene rings is 1. The number of hydrogen-bond donors (Lipinski definition) is 2. The lowest BCUT2D eigenvalue weighted by Gasteiger charge is -2.10. The lowest BCUT2D eigenvalue weighted by Crippen LogP contribution is -2.32. The minimum absolute atomic E-state index is 0.00333. The van der Waals surface area contributed by atoms with E-state index in [2.05, 4.69) is 21.2 Å². The number of carboxylic acids is 1. The number of rotatable bonds is 7. The molecular formula is C16H17BrN2O4. The van der Waals surface area contributed by atoms with Gasteiger partial charge in [0.2, 0.25) is 0 Å². The van der Waals surface area contributed by atoms with Gasteiger partial charge in [-0.15, -0.1) is 0 Å². The Bertz CT molecular complexity index is 665. The molecule has 0 aliphatic rings. The van der Waals surface area contributed by atoms with Crippen LogP contribution in [0.5, 0.6) is 5.75 Å². The van der Waals surface area contributed by atoms with E-state index in [4.69, 9.17) is 15.1 Å². The van der Waals surface area contributed by atoms with Crippen molar-refractivity contribution in [2.24, 2.45) is 0 Å². The van der Waals surface area contributed by atoms with E-state index < -0.39 is 18.5 Å². The maximum atomic E-state index is 12.0. The van der Waals surface area contributed by atoms with Gasteiger partial charge in [-0.2, -0.15) is 5.26 Å². The number of halogens is 1. The molecule has 122 valence electrons. The van der Waals surface area contributed by atoms with E-state index in [9.17, 15) is 9.59 Å². The van der Waals surface area contributed by atoms with Crippen molar-refractivity contribution in [2.45, 2.75) is 26.3 Å². The summed E-state index contributed by atoms with van der Waals surface area (Å²) in [5, 5.41) is 20.5. The van der Waals surface area contributed by atoms with Crippen LogP contribution in [0, 0.1) is 11.3 Å². The summed E-state index contributed by atoms with van der Waals surface area (Å²) in [6.45, 7) is 3.35. The van der Waals surface area contributed by atoms with Crippen molar-refractivity contribution in [3.63, 3.8) is 0 Å². The molecule has 1 atom stereocenters. The lowest BCUT2D eigenvalue weighted by atomic mass is 10.1. The van der Waals surface area contributed by atoms with E-state index in [1.54, 1.807) is 18.2 Å². The predicted octanol–water partition coefficient (Wildman–Crippen LogP) is 2.73. The van der Waals surface area contributed by atoms with Crippen LogP contribution in [0.2, 0.25) is 0 Å². The SMILES string of the molecule is CC[C@@H](C)NC(=O)/C(C#N)=C/c1ccc(OCC(=O)O)c(Br)c1. The molecule has 1 aromatic rings. The van der Waals surface area contributed by atoms with Gasteiger partial charge in [-0.3, -0.25) is 4.79 Å². The third-order valence-corrected chi connectivity index (χ3v) is 3.59. The van der Waals surface area contributed by atoms with Crippen molar-refractivity contribution >= 4 is 33.9 Å². The fourth-order valence-corrected chi connectivity index (χ4v) is 2.09. The molecule has 0 spiro atoms. The van der Waals surface area contributed by atoms with Gasteiger partial charge in [0.15, 0.2) is 6.61 Å². The Labute approximate surface area is 142 Å². The summed E-state index contributed by atoms with van der Waals surface area (Å²) >= 11 is 3.27. The molecule has 0 aromatic heterocycles. The van der Waals surface area contributed by atoms with Crippen LogP contribution in [0.1, 0.15) is 25.8 Å². The number of hydrogen-bond acceptors (Lipinski definition) is 4. The third-order valence-electron chi connectivity index (χ3n) is 2.97. The van der Waals surface area contributed by atoms with Crippen molar-refractivity contribution in [1.29, 1.82) is 5.26 Å².